The van der Waals surface area contributed by atoms with E-state index < -0.39 is 0 Å². The number of pyridine rings is 1. The van der Waals surface area contributed by atoms with Crippen LogP contribution in [0, 0.1) is 0 Å². The molecule has 31 heavy (non-hydrogen) atoms. The summed E-state index contributed by atoms with van der Waals surface area (Å²) in [6.45, 7) is 4.91. The van der Waals surface area contributed by atoms with E-state index in [0.29, 0.717) is 5.88 Å². The van der Waals surface area contributed by atoms with Gasteiger partial charge in [-0.25, -0.2) is 14.6 Å². The minimum Gasteiger partial charge on any atom is -0.479 e. The highest BCUT2D eigenvalue weighted by atomic mass is 32.1. The molecule has 0 fully saturated rings. The summed E-state index contributed by atoms with van der Waals surface area (Å²) in [5.74, 6) is 2.84. The summed E-state index contributed by atoms with van der Waals surface area (Å²) < 4.78 is 7.79. The average Bonchev–Trinajstić information content (AvgIpc) is 3.56. The molecule has 0 radical (unpaired) electrons. The lowest BCUT2D eigenvalue weighted by atomic mass is 10.2. The molecule has 3 aliphatic rings. The van der Waals surface area contributed by atoms with Crippen molar-refractivity contribution < 1.29 is 4.74 Å². The maximum absolute atomic E-state index is 5.61. The van der Waals surface area contributed by atoms with Gasteiger partial charge in [-0.3, -0.25) is 4.99 Å². The fraction of sp³-hybridized carbons (Fsp3) is 0.455. The van der Waals surface area contributed by atoms with Gasteiger partial charge in [0.15, 0.2) is 0 Å². The van der Waals surface area contributed by atoms with Crippen molar-refractivity contribution in [3.8, 4) is 16.6 Å². The minimum absolute atomic E-state index is 0.283. The van der Waals surface area contributed by atoms with Crippen LogP contribution in [0.2, 0.25) is 0 Å². The molecule has 2 aliphatic heterocycles. The molecular formula is C22H25N7OS. The predicted molar refractivity (Wildman–Crippen MR) is 123 cm³/mol. The number of methoxy groups -OCH3 is 1. The third-order valence-corrected chi connectivity index (χ3v) is 7.06. The Bertz CT molecular complexity index is 1170. The smallest absolute Gasteiger partial charge is 0.238 e. The molecular weight excluding hydrogens is 410 g/mol. The van der Waals surface area contributed by atoms with Gasteiger partial charge in [0, 0.05) is 30.6 Å². The van der Waals surface area contributed by atoms with Gasteiger partial charge in [-0.05, 0) is 44.7 Å². The molecule has 160 valence electrons. The zero-order valence-electron chi connectivity index (χ0n) is 17.8. The number of nitrogens with zero attached hydrogens (tertiary/aromatic N) is 7. The molecule has 5 heterocycles. The number of fused-ring (bicyclic) bond motifs is 3. The minimum atomic E-state index is 0.283. The highest BCUT2D eigenvalue weighted by Crippen LogP contribution is 2.39. The highest BCUT2D eigenvalue weighted by Gasteiger charge is 2.30. The van der Waals surface area contributed by atoms with Crippen molar-refractivity contribution in [2.45, 2.75) is 45.2 Å². The lowest BCUT2D eigenvalue weighted by molar-refractivity contribution is 0.399. The topological polar surface area (TPSA) is 71.7 Å². The number of aryl methyl sites for hydroxylation is 2. The third-order valence-electron chi connectivity index (χ3n) is 6.20. The van der Waals surface area contributed by atoms with E-state index in [2.05, 4.69) is 37.8 Å². The number of thiazole rings is 1. The van der Waals surface area contributed by atoms with E-state index in [0.717, 1.165) is 61.1 Å². The number of ether oxygens (including phenoxy) is 1. The van der Waals surface area contributed by atoms with Crippen LogP contribution >= 0.6 is 11.3 Å². The largest absolute Gasteiger partial charge is 0.479 e. The van der Waals surface area contributed by atoms with Crippen LogP contribution in [0.15, 0.2) is 22.5 Å². The van der Waals surface area contributed by atoms with E-state index in [4.69, 9.17) is 19.8 Å². The molecule has 3 aromatic rings. The molecule has 0 saturated heterocycles. The zero-order valence-corrected chi connectivity index (χ0v) is 18.6. The average molecular weight is 436 g/mol. The van der Waals surface area contributed by atoms with Crippen LogP contribution in [0.25, 0.3) is 10.7 Å². The Morgan fingerprint density at radius 2 is 2.06 bits per heavy atom. The number of aliphatic imine (C=N–C) groups is 1. The molecule has 0 spiro atoms. The summed E-state index contributed by atoms with van der Waals surface area (Å²) in [4.78, 5) is 18.6. The predicted octanol–water partition coefficient (Wildman–Crippen LogP) is 3.68. The maximum Gasteiger partial charge on any atom is 0.238 e. The van der Waals surface area contributed by atoms with Crippen LogP contribution in [-0.4, -0.2) is 52.3 Å². The van der Waals surface area contributed by atoms with E-state index >= 15 is 0 Å². The van der Waals surface area contributed by atoms with E-state index in [-0.39, 0.29) is 6.04 Å². The lowest BCUT2D eigenvalue weighted by Gasteiger charge is -2.28. The van der Waals surface area contributed by atoms with Gasteiger partial charge in [-0.1, -0.05) is 0 Å². The first kappa shape index (κ1) is 18.8. The molecule has 0 N–H and O–H groups in total. The monoisotopic (exact) mass is 435 g/mol. The highest BCUT2D eigenvalue weighted by molar-refractivity contribution is 7.13. The van der Waals surface area contributed by atoms with Gasteiger partial charge in [-0.2, -0.15) is 5.10 Å². The molecule has 0 aromatic carbocycles. The van der Waals surface area contributed by atoms with Crippen LogP contribution < -0.4 is 14.5 Å². The van der Waals surface area contributed by atoms with Crippen molar-refractivity contribution >= 4 is 35.0 Å². The van der Waals surface area contributed by atoms with Gasteiger partial charge in [-0.15, -0.1) is 11.3 Å². The van der Waals surface area contributed by atoms with Gasteiger partial charge in [0.25, 0.3) is 0 Å². The molecule has 1 aliphatic carbocycles. The first-order valence-corrected chi connectivity index (χ1v) is 11.8. The van der Waals surface area contributed by atoms with Crippen molar-refractivity contribution in [3.63, 3.8) is 0 Å². The second kappa shape index (κ2) is 7.33. The fourth-order valence-corrected chi connectivity index (χ4v) is 5.53. The van der Waals surface area contributed by atoms with E-state index in [1.165, 1.54) is 23.5 Å². The molecule has 0 saturated carbocycles. The van der Waals surface area contributed by atoms with Gasteiger partial charge in [0.05, 0.1) is 25.2 Å². The molecule has 1 atom stereocenters. The summed E-state index contributed by atoms with van der Waals surface area (Å²) in [6, 6.07) is 4.36. The Morgan fingerprint density at radius 3 is 2.90 bits per heavy atom. The standard InChI is InChI=1S/C22H25N7OS/c1-14-11-27(13-23-14)18-8-7-17(24-20(18)30-2)21-25-19(12-31-21)28-9-4-10-29-22(28)15-5-3-6-16(15)26-29/h7-8,12-14H,3-6,9-11H2,1-2H3. The second-order valence-corrected chi connectivity index (χ2v) is 9.19. The van der Waals surface area contributed by atoms with Crippen molar-refractivity contribution in [3.05, 3.63) is 28.8 Å². The first-order chi connectivity index (χ1) is 15.2. The van der Waals surface area contributed by atoms with Gasteiger partial charge in [0.1, 0.15) is 28.0 Å². The van der Waals surface area contributed by atoms with Crippen molar-refractivity contribution in [1.82, 2.24) is 19.7 Å². The first-order valence-electron chi connectivity index (χ1n) is 10.9. The van der Waals surface area contributed by atoms with Crippen LogP contribution in [0.1, 0.15) is 31.0 Å². The fourth-order valence-electron chi connectivity index (χ4n) is 4.76. The Kier molecular flexibility index (Phi) is 4.45. The molecule has 0 bridgehead atoms. The number of anilines is 3. The summed E-state index contributed by atoms with van der Waals surface area (Å²) >= 11 is 1.62. The number of hydrogen-bond acceptors (Lipinski definition) is 8. The van der Waals surface area contributed by atoms with Gasteiger partial charge in [0.2, 0.25) is 5.88 Å². The lowest BCUT2D eigenvalue weighted by Crippen LogP contribution is -2.29. The Labute approximate surface area is 185 Å². The van der Waals surface area contributed by atoms with Crippen LogP contribution in [-0.2, 0) is 19.4 Å². The SMILES string of the molecule is COc1nc(-c2nc(N3CCCn4nc5c(c43)CCC5)cs2)ccc1N1C=NC(C)C1. The quantitative estimate of drug-likeness (QED) is 0.623. The zero-order chi connectivity index (χ0) is 20.9. The Hall–Kier alpha value is -2.94. The van der Waals surface area contributed by atoms with Crippen molar-refractivity contribution in [2.75, 3.05) is 30.0 Å². The van der Waals surface area contributed by atoms with Gasteiger partial charge >= 0.3 is 0 Å². The molecule has 9 heteroatoms. The molecule has 8 nitrogen and oxygen atoms in total. The normalized spacial score (nSPS) is 19.7. The molecule has 1 unspecified atom stereocenters. The van der Waals surface area contributed by atoms with Crippen LogP contribution in [0.5, 0.6) is 5.88 Å². The second-order valence-electron chi connectivity index (χ2n) is 8.33. The van der Waals surface area contributed by atoms with Crippen molar-refractivity contribution in [2.24, 2.45) is 4.99 Å². The van der Waals surface area contributed by atoms with Crippen molar-refractivity contribution in [1.29, 1.82) is 0 Å². The summed E-state index contributed by atoms with van der Waals surface area (Å²) in [6.07, 6.45) is 6.37. The number of aromatic nitrogens is 4. The summed E-state index contributed by atoms with van der Waals surface area (Å²) in [5.41, 5.74) is 4.46. The number of hydrogen-bond donors (Lipinski definition) is 0. The summed E-state index contributed by atoms with van der Waals surface area (Å²) in [5, 5.41) is 7.89. The molecule has 0 amide bonds. The van der Waals surface area contributed by atoms with Crippen LogP contribution in [0.3, 0.4) is 0 Å². The van der Waals surface area contributed by atoms with E-state index in [9.17, 15) is 0 Å². The van der Waals surface area contributed by atoms with E-state index in [1.54, 1.807) is 18.4 Å². The van der Waals surface area contributed by atoms with Crippen LogP contribution in [0.4, 0.5) is 17.3 Å². The Balaban J connectivity index is 1.32. The van der Waals surface area contributed by atoms with Gasteiger partial charge < -0.3 is 14.5 Å². The molecule has 3 aromatic heterocycles. The molecule has 6 rings (SSSR count). The number of rotatable bonds is 4. The van der Waals surface area contributed by atoms with E-state index in [1.807, 2.05) is 12.4 Å². The third kappa shape index (κ3) is 3.10. The maximum atomic E-state index is 5.61. The summed E-state index contributed by atoms with van der Waals surface area (Å²) in [7, 11) is 1.66. The Morgan fingerprint density at radius 1 is 1.13 bits per heavy atom.